The Morgan fingerprint density at radius 3 is 2.52 bits per heavy atom. The first-order chi connectivity index (χ1) is 13.1. The zero-order chi connectivity index (χ0) is 19.1. The van der Waals surface area contributed by atoms with Crippen LogP contribution in [0.25, 0.3) is 11.5 Å². The molecule has 0 saturated heterocycles. The predicted molar refractivity (Wildman–Crippen MR) is 104 cm³/mol. The molecule has 1 aliphatic rings. The minimum absolute atomic E-state index is 0.197. The van der Waals surface area contributed by atoms with Crippen LogP contribution < -0.4 is 5.32 Å². The smallest absolute Gasteiger partial charge is 0.329 e. The van der Waals surface area contributed by atoms with Crippen LogP contribution in [-0.4, -0.2) is 33.3 Å². The van der Waals surface area contributed by atoms with E-state index in [1.807, 2.05) is 30.3 Å². The van der Waals surface area contributed by atoms with Crippen molar-refractivity contribution in [3.05, 3.63) is 42.3 Å². The number of aromatic nitrogens is 1. The van der Waals surface area contributed by atoms with Crippen LogP contribution in [0.5, 0.6) is 0 Å². The molecular formula is C20H24N2O4S. The highest BCUT2D eigenvalue weighted by Gasteiger charge is 2.39. The van der Waals surface area contributed by atoms with E-state index in [-0.39, 0.29) is 11.7 Å². The Morgan fingerprint density at radius 1 is 1.15 bits per heavy atom. The van der Waals surface area contributed by atoms with Crippen molar-refractivity contribution in [2.75, 3.05) is 5.75 Å². The first kappa shape index (κ1) is 19.5. The van der Waals surface area contributed by atoms with Crippen molar-refractivity contribution >= 4 is 23.6 Å². The number of oxazole rings is 1. The maximum Gasteiger partial charge on any atom is 0.329 e. The summed E-state index contributed by atoms with van der Waals surface area (Å²) in [5.41, 5.74) is 0.556. The molecule has 0 radical (unpaired) electrons. The molecule has 1 amide bonds. The van der Waals surface area contributed by atoms with Crippen molar-refractivity contribution in [3.8, 4) is 11.5 Å². The Bertz CT molecular complexity index is 767. The summed E-state index contributed by atoms with van der Waals surface area (Å²) in [5.74, 6) is 0.119. The number of amides is 1. The minimum Gasteiger partial charge on any atom is -0.480 e. The summed E-state index contributed by atoms with van der Waals surface area (Å²) >= 11 is 1.40. The standard InChI is InChI=1S/C20H24N2O4S/c23-17(22-20(19(24)25)10-6-1-2-7-11-20)14-27-13-16-12-26-18(21-16)15-8-4-3-5-9-15/h3-5,8-9,12H,1-2,6-7,10-11,13-14H2,(H,22,23)(H,24,25). The number of carboxylic acid groups (broad SMARTS) is 1. The Morgan fingerprint density at radius 2 is 1.85 bits per heavy atom. The molecule has 1 heterocycles. The Labute approximate surface area is 162 Å². The van der Waals surface area contributed by atoms with Crippen molar-refractivity contribution in [3.63, 3.8) is 0 Å². The van der Waals surface area contributed by atoms with Crippen LogP contribution in [0.3, 0.4) is 0 Å². The predicted octanol–water partition coefficient (Wildman–Crippen LogP) is 3.87. The van der Waals surface area contributed by atoms with Crippen molar-refractivity contribution in [1.82, 2.24) is 10.3 Å². The van der Waals surface area contributed by atoms with Crippen molar-refractivity contribution < 1.29 is 19.1 Å². The van der Waals surface area contributed by atoms with Gasteiger partial charge in [-0.3, -0.25) is 4.79 Å². The SMILES string of the molecule is O=C(CSCc1coc(-c2ccccc2)n1)NC1(C(=O)O)CCCCCC1. The Balaban J connectivity index is 1.50. The summed E-state index contributed by atoms with van der Waals surface area (Å²) in [6.45, 7) is 0. The second-order valence-corrected chi connectivity index (χ2v) is 7.84. The highest BCUT2D eigenvalue weighted by atomic mass is 32.2. The molecule has 27 heavy (non-hydrogen) atoms. The molecule has 0 spiro atoms. The molecule has 3 rings (SSSR count). The molecule has 1 saturated carbocycles. The third-order valence-corrected chi connectivity index (χ3v) is 5.77. The van der Waals surface area contributed by atoms with Gasteiger partial charge in [0.15, 0.2) is 0 Å². The quantitative estimate of drug-likeness (QED) is 0.700. The number of carboxylic acids is 1. The monoisotopic (exact) mass is 388 g/mol. The summed E-state index contributed by atoms with van der Waals surface area (Å²) in [6.07, 6.45) is 6.31. The van der Waals surface area contributed by atoms with Crippen LogP contribution in [0, 0.1) is 0 Å². The lowest BCUT2D eigenvalue weighted by molar-refractivity contribution is -0.148. The van der Waals surface area contributed by atoms with Gasteiger partial charge in [0.05, 0.1) is 11.4 Å². The molecule has 2 N–H and O–H groups in total. The number of carbonyl (C=O) groups is 2. The molecule has 1 aromatic carbocycles. The third-order valence-electron chi connectivity index (χ3n) is 4.80. The second kappa shape index (κ2) is 9.08. The summed E-state index contributed by atoms with van der Waals surface area (Å²) < 4.78 is 5.49. The molecule has 0 atom stereocenters. The van der Waals surface area contributed by atoms with Gasteiger partial charge in [-0.1, -0.05) is 43.9 Å². The van der Waals surface area contributed by atoms with Gasteiger partial charge in [-0.25, -0.2) is 9.78 Å². The fraction of sp³-hybridized carbons (Fsp3) is 0.450. The normalized spacial score (nSPS) is 16.4. The van der Waals surface area contributed by atoms with E-state index >= 15 is 0 Å². The number of benzene rings is 1. The lowest BCUT2D eigenvalue weighted by atomic mass is 9.90. The van der Waals surface area contributed by atoms with Crippen LogP contribution >= 0.6 is 11.8 Å². The number of nitrogens with zero attached hydrogens (tertiary/aromatic N) is 1. The summed E-state index contributed by atoms with van der Waals surface area (Å²) in [6, 6.07) is 9.62. The average Bonchev–Trinajstić information content (AvgIpc) is 3.01. The van der Waals surface area contributed by atoms with Crippen molar-refractivity contribution in [2.45, 2.75) is 49.8 Å². The van der Waals surface area contributed by atoms with Crippen LogP contribution in [0.4, 0.5) is 0 Å². The number of hydrogen-bond donors (Lipinski definition) is 2. The van der Waals surface area contributed by atoms with Gasteiger partial charge >= 0.3 is 5.97 Å². The average molecular weight is 388 g/mol. The first-order valence-electron chi connectivity index (χ1n) is 9.21. The van der Waals surface area contributed by atoms with Gasteiger partial charge in [0, 0.05) is 11.3 Å². The van der Waals surface area contributed by atoms with Crippen molar-refractivity contribution in [2.24, 2.45) is 0 Å². The van der Waals surface area contributed by atoms with E-state index in [1.165, 1.54) is 11.8 Å². The Hall–Kier alpha value is -2.28. The number of aliphatic carboxylic acids is 1. The number of rotatable bonds is 7. The van der Waals surface area contributed by atoms with E-state index in [0.29, 0.717) is 24.5 Å². The number of thioether (sulfide) groups is 1. The molecule has 7 heteroatoms. The van der Waals surface area contributed by atoms with Gasteiger partial charge in [-0.05, 0) is 25.0 Å². The van der Waals surface area contributed by atoms with E-state index in [0.717, 1.165) is 36.9 Å². The van der Waals surface area contributed by atoms with Gasteiger partial charge in [-0.15, -0.1) is 11.8 Å². The van der Waals surface area contributed by atoms with E-state index in [9.17, 15) is 14.7 Å². The zero-order valence-corrected chi connectivity index (χ0v) is 16.0. The topological polar surface area (TPSA) is 92.4 Å². The lowest BCUT2D eigenvalue weighted by Crippen LogP contribution is -2.54. The van der Waals surface area contributed by atoms with E-state index in [4.69, 9.17) is 4.42 Å². The molecule has 2 aromatic rings. The number of carbonyl (C=O) groups excluding carboxylic acids is 1. The number of nitrogens with one attached hydrogen (secondary N) is 1. The molecule has 144 valence electrons. The summed E-state index contributed by atoms with van der Waals surface area (Å²) in [5, 5.41) is 12.4. The van der Waals surface area contributed by atoms with Gasteiger partial charge < -0.3 is 14.8 Å². The minimum atomic E-state index is -1.11. The maximum atomic E-state index is 12.3. The Kier molecular flexibility index (Phi) is 6.55. The molecule has 0 unspecified atom stereocenters. The van der Waals surface area contributed by atoms with E-state index < -0.39 is 11.5 Å². The molecule has 6 nitrogen and oxygen atoms in total. The summed E-state index contributed by atoms with van der Waals surface area (Å²) in [4.78, 5) is 28.5. The van der Waals surface area contributed by atoms with Crippen LogP contribution in [-0.2, 0) is 15.3 Å². The first-order valence-corrected chi connectivity index (χ1v) is 10.4. The molecule has 1 aliphatic carbocycles. The third kappa shape index (κ3) is 5.13. The fourth-order valence-corrected chi connectivity index (χ4v) is 4.06. The highest BCUT2D eigenvalue weighted by Crippen LogP contribution is 2.28. The van der Waals surface area contributed by atoms with Gasteiger partial charge in [0.1, 0.15) is 11.8 Å². The van der Waals surface area contributed by atoms with Gasteiger partial charge in [-0.2, -0.15) is 0 Å². The van der Waals surface area contributed by atoms with Crippen molar-refractivity contribution in [1.29, 1.82) is 0 Å². The molecule has 0 aliphatic heterocycles. The van der Waals surface area contributed by atoms with E-state index in [2.05, 4.69) is 10.3 Å². The summed E-state index contributed by atoms with van der Waals surface area (Å²) in [7, 11) is 0. The number of hydrogen-bond acceptors (Lipinski definition) is 5. The fourth-order valence-electron chi connectivity index (χ4n) is 3.36. The maximum absolute atomic E-state index is 12.3. The molecule has 1 fully saturated rings. The zero-order valence-electron chi connectivity index (χ0n) is 15.1. The largest absolute Gasteiger partial charge is 0.480 e. The molecule has 1 aromatic heterocycles. The second-order valence-electron chi connectivity index (χ2n) is 6.85. The van der Waals surface area contributed by atoms with Crippen LogP contribution in [0.2, 0.25) is 0 Å². The van der Waals surface area contributed by atoms with Gasteiger partial charge in [0.2, 0.25) is 11.8 Å². The van der Waals surface area contributed by atoms with Gasteiger partial charge in [0.25, 0.3) is 0 Å². The van der Waals surface area contributed by atoms with Crippen LogP contribution in [0.15, 0.2) is 41.0 Å². The highest BCUT2D eigenvalue weighted by molar-refractivity contribution is 7.99. The van der Waals surface area contributed by atoms with E-state index in [1.54, 1.807) is 6.26 Å². The van der Waals surface area contributed by atoms with Crippen LogP contribution in [0.1, 0.15) is 44.2 Å². The lowest BCUT2D eigenvalue weighted by Gasteiger charge is -2.29. The molecular weight excluding hydrogens is 364 g/mol. The molecule has 0 bridgehead atoms.